The fourth-order valence-electron chi connectivity index (χ4n) is 1.14. The van der Waals surface area contributed by atoms with E-state index in [2.05, 4.69) is 15.4 Å². The Kier molecular flexibility index (Phi) is 8.50. The molecule has 0 aliphatic rings. The third-order valence-corrected chi connectivity index (χ3v) is 1.88. The SMILES string of the molecule is COC(=O)C(CNCCOCC(N)=O)NC(C)=O. The van der Waals surface area contributed by atoms with Gasteiger partial charge < -0.3 is 25.8 Å². The summed E-state index contributed by atoms with van der Waals surface area (Å²) in [5, 5.41) is 5.34. The van der Waals surface area contributed by atoms with E-state index in [1.165, 1.54) is 14.0 Å². The second kappa shape index (κ2) is 9.37. The van der Waals surface area contributed by atoms with Crippen LogP contribution in [0.4, 0.5) is 0 Å². The minimum Gasteiger partial charge on any atom is -0.467 e. The number of amides is 2. The van der Waals surface area contributed by atoms with Gasteiger partial charge in [-0.25, -0.2) is 4.79 Å². The van der Waals surface area contributed by atoms with Crippen molar-refractivity contribution in [2.24, 2.45) is 5.73 Å². The highest BCUT2D eigenvalue weighted by Gasteiger charge is 2.19. The Morgan fingerprint density at radius 3 is 2.50 bits per heavy atom. The average molecular weight is 261 g/mol. The number of hydrogen-bond donors (Lipinski definition) is 3. The molecule has 0 aromatic rings. The second-order valence-electron chi connectivity index (χ2n) is 3.50. The summed E-state index contributed by atoms with van der Waals surface area (Å²) in [6.45, 7) is 2.07. The summed E-state index contributed by atoms with van der Waals surface area (Å²) in [4.78, 5) is 32.5. The molecule has 0 aromatic heterocycles. The molecule has 0 bridgehead atoms. The number of nitrogens with one attached hydrogen (secondary N) is 2. The normalized spacial score (nSPS) is 11.7. The molecule has 1 atom stereocenters. The van der Waals surface area contributed by atoms with Gasteiger partial charge in [-0.05, 0) is 0 Å². The Bertz CT molecular complexity index is 295. The smallest absolute Gasteiger partial charge is 0.329 e. The molecule has 0 saturated carbocycles. The standard InChI is InChI=1S/C10H19N3O5/c1-7(14)13-8(10(16)17-2)5-12-3-4-18-6-9(11)15/h8,12H,3-6H2,1-2H3,(H2,11,15)(H,13,14). The lowest BCUT2D eigenvalue weighted by molar-refractivity contribution is -0.144. The number of carbonyl (C=O) groups is 3. The molecule has 2 amide bonds. The molecule has 0 fully saturated rings. The third-order valence-electron chi connectivity index (χ3n) is 1.88. The second-order valence-corrected chi connectivity index (χ2v) is 3.50. The van der Waals surface area contributed by atoms with Crippen molar-refractivity contribution in [3.63, 3.8) is 0 Å². The van der Waals surface area contributed by atoms with E-state index >= 15 is 0 Å². The van der Waals surface area contributed by atoms with Crippen LogP contribution in [0.2, 0.25) is 0 Å². The highest BCUT2D eigenvalue weighted by atomic mass is 16.5. The summed E-state index contributed by atoms with van der Waals surface area (Å²) in [5.74, 6) is -1.39. The number of hydrogen-bond acceptors (Lipinski definition) is 6. The summed E-state index contributed by atoms with van der Waals surface area (Å²) in [6.07, 6.45) is 0. The largest absolute Gasteiger partial charge is 0.467 e. The first-order chi connectivity index (χ1) is 8.47. The highest BCUT2D eigenvalue weighted by Crippen LogP contribution is 1.87. The number of rotatable bonds is 9. The molecule has 8 heteroatoms. The molecule has 0 radical (unpaired) electrons. The zero-order chi connectivity index (χ0) is 14.0. The van der Waals surface area contributed by atoms with Crippen LogP contribution >= 0.6 is 0 Å². The Morgan fingerprint density at radius 2 is 2.00 bits per heavy atom. The van der Waals surface area contributed by atoms with E-state index in [4.69, 9.17) is 10.5 Å². The van der Waals surface area contributed by atoms with Gasteiger partial charge in [0.2, 0.25) is 11.8 Å². The zero-order valence-electron chi connectivity index (χ0n) is 10.5. The first-order valence-electron chi connectivity index (χ1n) is 5.39. The Hall–Kier alpha value is -1.67. The van der Waals surface area contributed by atoms with Gasteiger partial charge in [0.05, 0.1) is 13.7 Å². The van der Waals surface area contributed by atoms with Crippen LogP contribution in [0, 0.1) is 0 Å². The van der Waals surface area contributed by atoms with Gasteiger partial charge in [0, 0.05) is 20.0 Å². The van der Waals surface area contributed by atoms with E-state index in [-0.39, 0.29) is 25.7 Å². The van der Waals surface area contributed by atoms with Gasteiger partial charge in [0.1, 0.15) is 12.6 Å². The average Bonchev–Trinajstić information content (AvgIpc) is 2.30. The summed E-state index contributed by atoms with van der Waals surface area (Å²) >= 11 is 0. The van der Waals surface area contributed by atoms with Crippen LogP contribution in [0.5, 0.6) is 0 Å². The number of esters is 1. The van der Waals surface area contributed by atoms with Crippen molar-refractivity contribution in [2.75, 3.05) is 33.4 Å². The van der Waals surface area contributed by atoms with E-state index in [0.29, 0.717) is 6.54 Å². The lowest BCUT2D eigenvalue weighted by Crippen LogP contribution is -2.47. The van der Waals surface area contributed by atoms with Crippen molar-refractivity contribution >= 4 is 17.8 Å². The molecule has 0 aliphatic carbocycles. The van der Waals surface area contributed by atoms with Crippen molar-refractivity contribution < 1.29 is 23.9 Å². The molecule has 0 aromatic carbocycles. The molecule has 18 heavy (non-hydrogen) atoms. The van der Waals surface area contributed by atoms with Crippen LogP contribution in [-0.2, 0) is 23.9 Å². The Labute approximate surface area is 105 Å². The third kappa shape index (κ3) is 8.48. The lowest BCUT2D eigenvalue weighted by atomic mass is 10.3. The maximum atomic E-state index is 11.3. The van der Waals surface area contributed by atoms with Gasteiger partial charge in [-0.3, -0.25) is 9.59 Å². The van der Waals surface area contributed by atoms with Crippen molar-refractivity contribution in [1.82, 2.24) is 10.6 Å². The van der Waals surface area contributed by atoms with Gasteiger partial charge in [0.15, 0.2) is 0 Å². The first-order valence-corrected chi connectivity index (χ1v) is 5.39. The molecule has 0 spiro atoms. The predicted molar refractivity (Wildman–Crippen MR) is 62.5 cm³/mol. The number of ether oxygens (including phenoxy) is 2. The van der Waals surface area contributed by atoms with Crippen molar-refractivity contribution in [3.05, 3.63) is 0 Å². The molecular formula is C10H19N3O5. The molecule has 104 valence electrons. The van der Waals surface area contributed by atoms with Crippen molar-refractivity contribution in [2.45, 2.75) is 13.0 Å². The van der Waals surface area contributed by atoms with E-state index in [1.807, 2.05) is 0 Å². The summed E-state index contributed by atoms with van der Waals surface area (Å²) in [5.41, 5.74) is 4.87. The number of primary amides is 1. The number of carbonyl (C=O) groups excluding carboxylic acids is 3. The van der Waals surface area contributed by atoms with Crippen LogP contribution in [-0.4, -0.2) is 57.2 Å². The summed E-state index contributed by atoms with van der Waals surface area (Å²) in [7, 11) is 1.24. The van der Waals surface area contributed by atoms with E-state index in [1.54, 1.807) is 0 Å². The van der Waals surface area contributed by atoms with Crippen molar-refractivity contribution in [3.8, 4) is 0 Å². The predicted octanol–water partition coefficient (Wildman–Crippen LogP) is -2.24. The van der Waals surface area contributed by atoms with Gasteiger partial charge in [-0.15, -0.1) is 0 Å². The monoisotopic (exact) mass is 261 g/mol. The fraction of sp³-hybridized carbons (Fsp3) is 0.700. The Balaban J connectivity index is 3.79. The summed E-state index contributed by atoms with van der Waals surface area (Å²) < 4.78 is 9.44. The van der Waals surface area contributed by atoms with Crippen LogP contribution in [0.15, 0.2) is 0 Å². The van der Waals surface area contributed by atoms with Crippen LogP contribution < -0.4 is 16.4 Å². The molecule has 0 aliphatic heterocycles. The van der Waals surface area contributed by atoms with Gasteiger partial charge in [0.25, 0.3) is 0 Å². The van der Waals surface area contributed by atoms with E-state index in [0.717, 1.165) is 0 Å². The molecular weight excluding hydrogens is 242 g/mol. The summed E-state index contributed by atoms with van der Waals surface area (Å²) in [6, 6.07) is -0.747. The number of methoxy groups -OCH3 is 1. The van der Waals surface area contributed by atoms with Crippen LogP contribution in [0.3, 0.4) is 0 Å². The molecule has 0 rings (SSSR count). The number of nitrogens with two attached hydrogens (primary N) is 1. The molecule has 1 unspecified atom stereocenters. The van der Waals surface area contributed by atoms with Gasteiger partial charge in [-0.2, -0.15) is 0 Å². The van der Waals surface area contributed by atoms with Gasteiger partial charge >= 0.3 is 5.97 Å². The maximum absolute atomic E-state index is 11.3. The molecule has 8 nitrogen and oxygen atoms in total. The lowest BCUT2D eigenvalue weighted by Gasteiger charge is -2.15. The highest BCUT2D eigenvalue weighted by molar-refractivity contribution is 5.83. The quantitative estimate of drug-likeness (QED) is 0.319. The van der Waals surface area contributed by atoms with E-state index in [9.17, 15) is 14.4 Å². The topological polar surface area (TPSA) is 120 Å². The first kappa shape index (κ1) is 16.3. The van der Waals surface area contributed by atoms with Gasteiger partial charge in [-0.1, -0.05) is 0 Å². The molecule has 0 heterocycles. The minimum absolute atomic E-state index is 0.145. The fourth-order valence-corrected chi connectivity index (χ4v) is 1.14. The zero-order valence-corrected chi connectivity index (χ0v) is 10.5. The van der Waals surface area contributed by atoms with Crippen LogP contribution in [0.1, 0.15) is 6.92 Å². The Morgan fingerprint density at radius 1 is 1.33 bits per heavy atom. The molecule has 4 N–H and O–H groups in total. The van der Waals surface area contributed by atoms with E-state index < -0.39 is 17.9 Å². The maximum Gasteiger partial charge on any atom is 0.329 e. The molecule has 0 saturated heterocycles. The van der Waals surface area contributed by atoms with Crippen LogP contribution in [0.25, 0.3) is 0 Å². The van der Waals surface area contributed by atoms with Crippen molar-refractivity contribution in [1.29, 1.82) is 0 Å². The minimum atomic E-state index is -0.747.